The molecule has 0 bridgehead atoms. The molecule has 2 aliphatic heterocycles. The van der Waals surface area contributed by atoms with Crippen LogP contribution in [0.4, 0.5) is 0 Å². The standard InChI is InChI=1S/C11H10N2O2.ClH/c12-11-5-8-4-10-9(14-6-15-10)3-7(8)1-2-13-11;/h1-4H,5-6H2,(H2,12,13);1H. The lowest BCUT2D eigenvalue weighted by Gasteiger charge is -2.05. The van der Waals surface area contributed by atoms with Crippen LogP contribution in [0.2, 0.25) is 0 Å². The molecule has 0 radical (unpaired) electrons. The number of hydrogen-bond acceptors (Lipinski definition) is 4. The highest BCUT2D eigenvalue weighted by Crippen LogP contribution is 2.35. The molecule has 0 atom stereocenters. The highest BCUT2D eigenvalue weighted by Gasteiger charge is 2.17. The molecule has 0 amide bonds. The van der Waals surface area contributed by atoms with Crippen molar-refractivity contribution in [2.24, 2.45) is 10.7 Å². The normalized spacial score (nSPS) is 15.9. The van der Waals surface area contributed by atoms with Crippen molar-refractivity contribution in [1.82, 2.24) is 0 Å². The predicted octanol–water partition coefficient (Wildman–Crippen LogP) is 1.72. The molecular weight excluding hydrogens is 228 g/mol. The van der Waals surface area contributed by atoms with Gasteiger partial charge in [-0.05, 0) is 29.3 Å². The smallest absolute Gasteiger partial charge is 0.231 e. The molecule has 4 nitrogen and oxygen atoms in total. The maximum atomic E-state index is 5.72. The molecule has 0 fully saturated rings. The first-order valence-corrected chi connectivity index (χ1v) is 4.74. The Labute approximate surface area is 99.2 Å². The van der Waals surface area contributed by atoms with Crippen LogP contribution in [0.25, 0.3) is 6.08 Å². The zero-order chi connectivity index (χ0) is 10.3. The summed E-state index contributed by atoms with van der Waals surface area (Å²) in [7, 11) is 0. The SMILES string of the molecule is Cl.NC1=NC=Cc2cc3c(cc2C1)OCO3. The highest BCUT2D eigenvalue weighted by atomic mass is 35.5. The van der Waals surface area contributed by atoms with E-state index < -0.39 is 0 Å². The van der Waals surface area contributed by atoms with Gasteiger partial charge in [0.2, 0.25) is 6.79 Å². The van der Waals surface area contributed by atoms with Crippen molar-refractivity contribution >= 4 is 24.3 Å². The largest absolute Gasteiger partial charge is 0.454 e. The highest BCUT2D eigenvalue weighted by molar-refractivity contribution is 5.86. The van der Waals surface area contributed by atoms with Crippen molar-refractivity contribution in [1.29, 1.82) is 0 Å². The van der Waals surface area contributed by atoms with Gasteiger partial charge in [0, 0.05) is 12.6 Å². The predicted molar refractivity (Wildman–Crippen MR) is 64.2 cm³/mol. The minimum atomic E-state index is 0. The van der Waals surface area contributed by atoms with Crippen LogP contribution in [-0.4, -0.2) is 12.6 Å². The zero-order valence-corrected chi connectivity index (χ0v) is 9.29. The van der Waals surface area contributed by atoms with Crippen LogP contribution < -0.4 is 15.2 Å². The monoisotopic (exact) mass is 238 g/mol. The van der Waals surface area contributed by atoms with E-state index in [1.165, 1.54) is 0 Å². The molecular formula is C11H11ClN2O2. The first-order chi connectivity index (χ1) is 7.33. The molecule has 0 aliphatic carbocycles. The minimum absolute atomic E-state index is 0. The maximum absolute atomic E-state index is 5.72. The van der Waals surface area contributed by atoms with E-state index in [1.807, 2.05) is 18.2 Å². The third-order valence-corrected chi connectivity index (χ3v) is 2.50. The number of ether oxygens (including phenoxy) is 2. The lowest BCUT2D eigenvalue weighted by atomic mass is 10.0. The van der Waals surface area contributed by atoms with Gasteiger partial charge < -0.3 is 15.2 Å². The number of amidine groups is 1. The average Bonchev–Trinajstić information content (AvgIpc) is 2.57. The van der Waals surface area contributed by atoms with Crippen molar-refractivity contribution in [3.63, 3.8) is 0 Å². The fourth-order valence-corrected chi connectivity index (χ4v) is 1.76. The molecule has 0 saturated heterocycles. The fraction of sp³-hybridized carbons (Fsp3) is 0.182. The lowest BCUT2D eigenvalue weighted by Crippen LogP contribution is -2.14. The third-order valence-electron chi connectivity index (χ3n) is 2.50. The topological polar surface area (TPSA) is 56.8 Å². The van der Waals surface area contributed by atoms with Gasteiger partial charge in [-0.1, -0.05) is 0 Å². The first kappa shape index (κ1) is 10.8. The van der Waals surface area contributed by atoms with E-state index in [9.17, 15) is 0 Å². The van der Waals surface area contributed by atoms with Crippen molar-refractivity contribution in [2.45, 2.75) is 6.42 Å². The molecule has 0 saturated carbocycles. The number of hydrogen-bond donors (Lipinski definition) is 1. The molecule has 0 spiro atoms. The summed E-state index contributed by atoms with van der Waals surface area (Å²) in [6.45, 7) is 0.297. The fourth-order valence-electron chi connectivity index (χ4n) is 1.76. The van der Waals surface area contributed by atoms with Gasteiger partial charge >= 0.3 is 0 Å². The van der Waals surface area contributed by atoms with Crippen LogP contribution in [0, 0.1) is 0 Å². The van der Waals surface area contributed by atoms with Crippen LogP contribution >= 0.6 is 12.4 Å². The van der Waals surface area contributed by atoms with Gasteiger partial charge in [-0.25, -0.2) is 4.99 Å². The van der Waals surface area contributed by atoms with Crippen LogP contribution in [0.5, 0.6) is 11.5 Å². The molecule has 2 aliphatic rings. The maximum Gasteiger partial charge on any atom is 0.231 e. The molecule has 84 valence electrons. The zero-order valence-electron chi connectivity index (χ0n) is 8.47. The number of nitrogens with zero attached hydrogens (tertiary/aromatic N) is 1. The van der Waals surface area contributed by atoms with E-state index in [1.54, 1.807) is 6.20 Å². The number of fused-ring (bicyclic) bond motifs is 2. The van der Waals surface area contributed by atoms with E-state index in [0.29, 0.717) is 19.0 Å². The summed E-state index contributed by atoms with van der Waals surface area (Å²) in [5.41, 5.74) is 7.93. The van der Waals surface area contributed by atoms with Crippen molar-refractivity contribution in [3.05, 3.63) is 29.5 Å². The van der Waals surface area contributed by atoms with Gasteiger partial charge in [0.1, 0.15) is 5.84 Å². The number of benzene rings is 1. The van der Waals surface area contributed by atoms with E-state index in [2.05, 4.69) is 4.99 Å². The summed E-state index contributed by atoms with van der Waals surface area (Å²) in [4.78, 5) is 4.07. The first-order valence-electron chi connectivity index (χ1n) is 4.74. The molecule has 1 aromatic rings. The van der Waals surface area contributed by atoms with Crippen molar-refractivity contribution < 1.29 is 9.47 Å². The molecule has 2 N–H and O–H groups in total. The third kappa shape index (κ3) is 1.72. The number of aliphatic imine (C=N–C) groups is 1. The molecule has 0 unspecified atom stereocenters. The van der Waals surface area contributed by atoms with E-state index in [4.69, 9.17) is 15.2 Å². The van der Waals surface area contributed by atoms with E-state index >= 15 is 0 Å². The van der Waals surface area contributed by atoms with Crippen molar-refractivity contribution in [2.75, 3.05) is 6.79 Å². The lowest BCUT2D eigenvalue weighted by molar-refractivity contribution is 0.174. The molecule has 1 aromatic carbocycles. The second-order valence-electron chi connectivity index (χ2n) is 3.52. The van der Waals surface area contributed by atoms with Gasteiger partial charge in [-0.15, -0.1) is 12.4 Å². The second-order valence-corrected chi connectivity index (χ2v) is 3.52. The Kier molecular flexibility index (Phi) is 2.75. The quantitative estimate of drug-likeness (QED) is 0.749. The summed E-state index contributed by atoms with van der Waals surface area (Å²) >= 11 is 0. The molecule has 0 aromatic heterocycles. The van der Waals surface area contributed by atoms with Crippen LogP contribution in [0.3, 0.4) is 0 Å². The number of nitrogens with two attached hydrogens (primary N) is 1. The number of rotatable bonds is 0. The Morgan fingerprint density at radius 3 is 2.75 bits per heavy atom. The van der Waals surface area contributed by atoms with Crippen LogP contribution in [0.15, 0.2) is 23.3 Å². The molecule has 2 heterocycles. The van der Waals surface area contributed by atoms with Gasteiger partial charge in [-0.3, -0.25) is 0 Å². The molecule has 3 rings (SSSR count). The van der Waals surface area contributed by atoms with Gasteiger partial charge in [0.15, 0.2) is 11.5 Å². The Bertz CT molecular complexity index is 483. The number of halogens is 1. The van der Waals surface area contributed by atoms with Crippen molar-refractivity contribution in [3.8, 4) is 11.5 Å². The minimum Gasteiger partial charge on any atom is -0.454 e. The van der Waals surface area contributed by atoms with E-state index in [0.717, 1.165) is 22.6 Å². The average molecular weight is 239 g/mol. The summed E-state index contributed by atoms with van der Waals surface area (Å²) in [5.74, 6) is 2.19. The van der Waals surface area contributed by atoms with Gasteiger partial charge in [-0.2, -0.15) is 0 Å². The summed E-state index contributed by atoms with van der Waals surface area (Å²) in [5, 5.41) is 0. The Morgan fingerprint density at radius 1 is 1.19 bits per heavy atom. The Hall–Kier alpha value is -1.68. The summed E-state index contributed by atoms with van der Waals surface area (Å²) < 4.78 is 10.6. The molecule has 5 heteroatoms. The summed E-state index contributed by atoms with van der Waals surface area (Å²) in [6, 6.07) is 3.93. The van der Waals surface area contributed by atoms with Gasteiger partial charge in [0.25, 0.3) is 0 Å². The Morgan fingerprint density at radius 2 is 1.94 bits per heavy atom. The van der Waals surface area contributed by atoms with E-state index in [-0.39, 0.29) is 12.4 Å². The summed E-state index contributed by atoms with van der Waals surface area (Å²) in [6.07, 6.45) is 4.29. The van der Waals surface area contributed by atoms with Crippen LogP contribution in [-0.2, 0) is 6.42 Å². The second kappa shape index (κ2) is 4.06. The molecule has 16 heavy (non-hydrogen) atoms. The Balaban J connectivity index is 0.000000963. The van der Waals surface area contributed by atoms with Gasteiger partial charge in [0.05, 0.1) is 0 Å². The van der Waals surface area contributed by atoms with Crippen LogP contribution in [0.1, 0.15) is 11.1 Å².